The Labute approximate surface area is 128 Å². The van der Waals surface area contributed by atoms with Crippen molar-refractivity contribution in [3.63, 3.8) is 0 Å². The summed E-state index contributed by atoms with van der Waals surface area (Å²) in [4.78, 5) is 14.5. The van der Waals surface area contributed by atoms with Gasteiger partial charge in [0.2, 0.25) is 0 Å². The first kappa shape index (κ1) is 16.0. The van der Waals surface area contributed by atoms with Gasteiger partial charge >= 0.3 is 0 Å². The van der Waals surface area contributed by atoms with Gasteiger partial charge in [0, 0.05) is 18.7 Å². The molecule has 3 heteroatoms. The van der Waals surface area contributed by atoms with Gasteiger partial charge in [-0.1, -0.05) is 25.5 Å². The minimum Gasteiger partial charge on any atom is -0.339 e. The molecule has 1 aromatic carbocycles. The van der Waals surface area contributed by atoms with Gasteiger partial charge in [-0.05, 0) is 62.9 Å². The summed E-state index contributed by atoms with van der Waals surface area (Å²) in [7, 11) is 2.00. The Balaban J connectivity index is 1.86. The van der Waals surface area contributed by atoms with Crippen molar-refractivity contribution in [2.24, 2.45) is 5.92 Å². The molecule has 0 aromatic heterocycles. The standard InChI is InChI=1S/C18H28N2O/c1-3-4-15-5-7-17(8-6-15)18(21)20-13-10-16(11-14-20)9-12-19-2/h5-8,16,19H,3-4,9-14H2,1-2H3. The highest BCUT2D eigenvalue weighted by Crippen LogP contribution is 2.21. The molecule has 1 saturated heterocycles. The van der Waals surface area contributed by atoms with Gasteiger partial charge in [0.25, 0.3) is 5.91 Å². The fraction of sp³-hybridized carbons (Fsp3) is 0.611. The van der Waals surface area contributed by atoms with Crippen LogP contribution in [0.25, 0.3) is 0 Å². The number of aryl methyl sites for hydroxylation is 1. The zero-order valence-corrected chi connectivity index (χ0v) is 13.4. The van der Waals surface area contributed by atoms with Crippen molar-refractivity contribution < 1.29 is 4.79 Å². The van der Waals surface area contributed by atoms with E-state index in [4.69, 9.17) is 0 Å². The molecule has 1 aliphatic rings. The van der Waals surface area contributed by atoms with Gasteiger partial charge in [-0.25, -0.2) is 0 Å². The highest BCUT2D eigenvalue weighted by atomic mass is 16.2. The summed E-state index contributed by atoms with van der Waals surface area (Å²) in [6, 6.07) is 8.16. The minimum atomic E-state index is 0.199. The van der Waals surface area contributed by atoms with Gasteiger partial charge in [0.15, 0.2) is 0 Å². The van der Waals surface area contributed by atoms with Crippen molar-refractivity contribution in [3.8, 4) is 0 Å². The third-order valence-corrected chi connectivity index (χ3v) is 4.44. The zero-order chi connectivity index (χ0) is 15.1. The summed E-state index contributed by atoms with van der Waals surface area (Å²) in [6.07, 6.45) is 5.74. The second kappa shape index (κ2) is 8.18. The summed E-state index contributed by atoms with van der Waals surface area (Å²) in [5, 5.41) is 3.21. The Kier molecular flexibility index (Phi) is 6.24. The average molecular weight is 288 g/mol. The molecule has 1 amide bonds. The third kappa shape index (κ3) is 4.57. The predicted octanol–water partition coefficient (Wildman–Crippen LogP) is 3.10. The van der Waals surface area contributed by atoms with Crippen LogP contribution in [0.4, 0.5) is 0 Å². The molecule has 1 aliphatic heterocycles. The van der Waals surface area contributed by atoms with Crippen LogP contribution in [0, 0.1) is 5.92 Å². The Morgan fingerprint density at radius 2 is 1.90 bits per heavy atom. The third-order valence-electron chi connectivity index (χ3n) is 4.44. The van der Waals surface area contributed by atoms with E-state index in [0.717, 1.165) is 56.8 Å². The summed E-state index contributed by atoms with van der Waals surface area (Å²) in [5.41, 5.74) is 2.16. The van der Waals surface area contributed by atoms with Crippen molar-refractivity contribution >= 4 is 5.91 Å². The van der Waals surface area contributed by atoms with Gasteiger partial charge in [0.05, 0.1) is 0 Å². The average Bonchev–Trinajstić information content (AvgIpc) is 2.54. The van der Waals surface area contributed by atoms with Gasteiger partial charge in [0.1, 0.15) is 0 Å². The Hall–Kier alpha value is -1.35. The van der Waals surface area contributed by atoms with Crippen LogP contribution in [0.15, 0.2) is 24.3 Å². The SMILES string of the molecule is CCCc1ccc(C(=O)N2CCC(CCNC)CC2)cc1. The van der Waals surface area contributed by atoms with Gasteiger partial charge < -0.3 is 10.2 Å². The zero-order valence-electron chi connectivity index (χ0n) is 13.4. The van der Waals surface area contributed by atoms with Crippen LogP contribution in [-0.4, -0.2) is 37.5 Å². The van der Waals surface area contributed by atoms with Gasteiger partial charge in [-0.2, -0.15) is 0 Å². The molecular formula is C18H28N2O. The number of hydrogen-bond acceptors (Lipinski definition) is 2. The summed E-state index contributed by atoms with van der Waals surface area (Å²) in [5.74, 6) is 0.971. The minimum absolute atomic E-state index is 0.199. The van der Waals surface area contributed by atoms with E-state index in [9.17, 15) is 4.79 Å². The molecule has 0 radical (unpaired) electrons. The number of benzene rings is 1. The second-order valence-corrected chi connectivity index (χ2v) is 6.07. The fourth-order valence-electron chi connectivity index (χ4n) is 3.06. The van der Waals surface area contributed by atoms with Crippen LogP contribution in [0.1, 0.15) is 48.5 Å². The molecule has 0 spiro atoms. The lowest BCUT2D eigenvalue weighted by Gasteiger charge is -2.32. The second-order valence-electron chi connectivity index (χ2n) is 6.07. The molecule has 0 saturated carbocycles. The maximum absolute atomic E-state index is 12.5. The summed E-state index contributed by atoms with van der Waals surface area (Å²) in [6.45, 7) is 5.07. The number of carbonyl (C=O) groups excluding carboxylic acids is 1. The van der Waals surface area contributed by atoms with Crippen LogP contribution < -0.4 is 5.32 Å². The Morgan fingerprint density at radius 3 is 2.48 bits per heavy atom. The molecule has 3 nitrogen and oxygen atoms in total. The maximum atomic E-state index is 12.5. The largest absolute Gasteiger partial charge is 0.339 e. The topological polar surface area (TPSA) is 32.3 Å². The molecule has 21 heavy (non-hydrogen) atoms. The Bertz CT molecular complexity index is 433. The number of nitrogens with one attached hydrogen (secondary N) is 1. The number of hydrogen-bond donors (Lipinski definition) is 1. The molecule has 2 rings (SSSR count). The highest BCUT2D eigenvalue weighted by molar-refractivity contribution is 5.94. The number of carbonyl (C=O) groups is 1. The van der Waals surface area contributed by atoms with Crippen LogP contribution in [0.5, 0.6) is 0 Å². The van der Waals surface area contributed by atoms with Crippen LogP contribution in [0.2, 0.25) is 0 Å². The lowest BCUT2D eigenvalue weighted by molar-refractivity contribution is 0.0687. The molecule has 1 fully saturated rings. The molecular weight excluding hydrogens is 260 g/mol. The molecule has 116 valence electrons. The van der Waals surface area contributed by atoms with E-state index in [1.807, 2.05) is 24.1 Å². The first-order valence-corrected chi connectivity index (χ1v) is 8.27. The molecule has 0 bridgehead atoms. The van der Waals surface area contributed by atoms with E-state index in [1.54, 1.807) is 0 Å². The number of nitrogens with zero attached hydrogens (tertiary/aromatic N) is 1. The number of rotatable bonds is 6. The van der Waals surface area contributed by atoms with E-state index in [2.05, 4.69) is 24.4 Å². The smallest absolute Gasteiger partial charge is 0.253 e. The van der Waals surface area contributed by atoms with E-state index in [0.29, 0.717) is 0 Å². The summed E-state index contributed by atoms with van der Waals surface area (Å²) >= 11 is 0. The van der Waals surface area contributed by atoms with Crippen LogP contribution >= 0.6 is 0 Å². The van der Waals surface area contributed by atoms with Gasteiger partial charge in [-0.3, -0.25) is 4.79 Å². The Morgan fingerprint density at radius 1 is 1.24 bits per heavy atom. The van der Waals surface area contributed by atoms with E-state index >= 15 is 0 Å². The molecule has 0 atom stereocenters. The number of piperidine rings is 1. The maximum Gasteiger partial charge on any atom is 0.253 e. The van der Waals surface area contributed by atoms with Crippen LogP contribution in [0.3, 0.4) is 0 Å². The summed E-state index contributed by atoms with van der Waals surface area (Å²) < 4.78 is 0. The van der Waals surface area contributed by atoms with E-state index in [-0.39, 0.29) is 5.91 Å². The first-order valence-electron chi connectivity index (χ1n) is 8.27. The van der Waals surface area contributed by atoms with Crippen molar-refractivity contribution in [2.45, 2.75) is 39.0 Å². The quantitative estimate of drug-likeness (QED) is 0.872. The lowest BCUT2D eigenvalue weighted by Crippen LogP contribution is -2.38. The lowest BCUT2D eigenvalue weighted by atomic mass is 9.93. The molecule has 1 N–H and O–H groups in total. The first-order chi connectivity index (χ1) is 10.2. The van der Waals surface area contributed by atoms with Crippen molar-refractivity contribution in [2.75, 3.05) is 26.7 Å². The molecule has 0 aliphatic carbocycles. The highest BCUT2D eigenvalue weighted by Gasteiger charge is 2.23. The fourth-order valence-corrected chi connectivity index (χ4v) is 3.06. The predicted molar refractivity (Wildman–Crippen MR) is 87.6 cm³/mol. The molecule has 1 heterocycles. The van der Waals surface area contributed by atoms with E-state index in [1.165, 1.54) is 12.0 Å². The molecule has 0 unspecified atom stereocenters. The number of amides is 1. The van der Waals surface area contributed by atoms with Crippen molar-refractivity contribution in [1.29, 1.82) is 0 Å². The monoisotopic (exact) mass is 288 g/mol. The molecule has 1 aromatic rings. The van der Waals surface area contributed by atoms with Crippen molar-refractivity contribution in [1.82, 2.24) is 10.2 Å². The van der Waals surface area contributed by atoms with Crippen LogP contribution in [-0.2, 0) is 6.42 Å². The normalized spacial score (nSPS) is 16.2. The van der Waals surface area contributed by atoms with Gasteiger partial charge in [-0.15, -0.1) is 0 Å². The number of likely N-dealkylation sites (tertiary alicyclic amines) is 1. The van der Waals surface area contributed by atoms with Crippen molar-refractivity contribution in [3.05, 3.63) is 35.4 Å². The van der Waals surface area contributed by atoms with E-state index < -0.39 is 0 Å².